The topological polar surface area (TPSA) is 23.6 Å². The minimum Gasteiger partial charge on any atom is -0.299 e. The molecule has 1 atom stereocenters. The van der Waals surface area contributed by atoms with Crippen LogP contribution in [0.1, 0.15) is 26.2 Å². The number of rotatable bonds is 3. The highest BCUT2D eigenvalue weighted by molar-refractivity contribution is 5.77. The van der Waals surface area contributed by atoms with E-state index < -0.39 is 0 Å². The molecular weight excluding hydrogens is 176 g/mol. The van der Waals surface area contributed by atoms with Crippen LogP contribution in [0.15, 0.2) is 0 Å². The van der Waals surface area contributed by atoms with Gasteiger partial charge in [0.2, 0.25) is 0 Å². The highest BCUT2D eigenvalue weighted by Crippen LogP contribution is 2.19. The van der Waals surface area contributed by atoms with E-state index >= 15 is 0 Å². The summed E-state index contributed by atoms with van der Waals surface area (Å²) >= 11 is 0. The van der Waals surface area contributed by atoms with Gasteiger partial charge in [0.25, 0.3) is 0 Å². The number of ketones is 1. The molecule has 0 N–H and O–H groups in total. The zero-order chi connectivity index (χ0) is 9.97. The number of likely N-dealkylation sites (tertiary alicyclic amines) is 2. The van der Waals surface area contributed by atoms with Gasteiger partial charge >= 0.3 is 0 Å². The predicted molar refractivity (Wildman–Crippen MR) is 56.3 cm³/mol. The average molecular weight is 196 g/mol. The number of carbonyl (C=O) groups is 1. The van der Waals surface area contributed by atoms with E-state index in [0.29, 0.717) is 12.3 Å². The fourth-order valence-corrected chi connectivity index (χ4v) is 2.68. The highest BCUT2D eigenvalue weighted by atomic mass is 16.1. The molecule has 0 bridgehead atoms. The van der Waals surface area contributed by atoms with Crippen molar-refractivity contribution in [3.05, 3.63) is 0 Å². The molecule has 0 aromatic heterocycles. The van der Waals surface area contributed by atoms with E-state index in [-0.39, 0.29) is 0 Å². The van der Waals surface area contributed by atoms with Crippen molar-refractivity contribution in [3.63, 3.8) is 0 Å². The lowest BCUT2D eigenvalue weighted by molar-refractivity contribution is -0.117. The van der Waals surface area contributed by atoms with Crippen LogP contribution in [-0.4, -0.2) is 54.3 Å². The lowest BCUT2D eigenvalue weighted by Crippen LogP contribution is -2.36. The van der Waals surface area contributed by atoms with Gasteiger partial charge in [-0.15, -0.1) is 0 Å². The second-order valence-corrected chi connectivity index (χ2v) is 4.62. The van der Waals surface area contributed by atoms with E-state index in [9.17, 15) is 4.79 Å². The number of hydrogen-bond acceptors (Lipinski definition) is 3. The normalized spacial score (nSPS) is 29.9. The maximum atomic E-state index is 11.0. The molecule has 2 fully saturated rings. The van der Waals surface area contributed by atoms with Gasteiger partial charge in [-0.05, 0) is 39.3 Å². The Kier molecular flexibility index (Phi) is 3.19. The van der Waals surface area contributed by atoms with Crippen molar-refractivity contribution in [3.8, 4) is 0 Å². The molecule has 0 saturated carbocycles. The van der Waals surface area contributed by atoms with E-state index in [4.69, 9.17) is 0 Å². The van der Waals surface area contributed by atoms with Gasteiger partial charge in [-0.25, -0.2) is 0 Å². The lowest BCUT2D eigenvalue weighted by Gasteiger charge is -2.23. The minimum atomic E-state index is 0.298. The van der Waals surface area contributed by atoms with Crippen LogP contribution in [0.2, 0.25) is 0 Å². The second kappa shape index (κ2) is 4.41. The van der Waals surface area contributed by atoms with Crippen molar-refractivity contribution >= 4 is 5.78 Å². The quantitative estimate of drug-likeness (QED) is 0.665. The molecule has 14 heavy (non-hydrogen) atoms. The van der Waals surface area contributed by atoms with Crippen molar-refractivity contribution in [1.82, 2.24) is 9.80 Å². The first-order chi connectivity index (χ1) is 6.75. The summed E-state index contributed by atoms with van der Waals surface area (Å²) in [4.78, 5) is 15.9. The average Bonchev–Trinajstić information content (AvgIpc) is 2.69. The van der Waals surface area contributed by atoms with Crippen LogP contribution in [0, 0.1) is 0 Å². The number of nitrogens with zero attached hydrogens (tertiary/aromatic N) is 2. The van der Waals surface area contributed by atoms with Gasteiger partial charge in [0.15, 0.2) is 0 Å². The Morgan fingerprint density at radius 2 is 2.00 bits per heavy atom. The van der Waals surface area contributed by atoms with Gasteiger partial charge in [0.1, 0.15) is 5.78 Å². The molecule has 80 valence electrons. The molecule has 2 saturated heterocycles. The summed E-state index contributed by atoms with van der Waals surface area (Å²) in [6.45, 7) is 7.12. The highest BCUT2D eigenvalue weighted by Gasteiger charge is 2.29. The maximum absolute atomic E-state index is 11.0. The van der Waals surface area contributed by atoms with E-state index in [0.717, 1.165) is 19.1 Å². The molecule has 0 aliphatic carbocycles. The minimum absolute atomic E-state index is 0.298. The summed E-state index contributed by atoms with van der Waals surface area (Å²) in [7, 11) is 0. The summed E-state index contributed by atoms with van der Waals surface area (Å²) in [5.41, 5.74) is 0. The molecule has 2 heterocycles. The molecule has 1 unspecified atom stereocenters. The summed E-state index contributed by atoms with van der Waals surface area (Å²) in [6.07, 6.45) is 3.99. The third kappa shape index (κ3) is 2.34. The maximum Gasteiger partial charge on any atom is 0.143 e. The molecule has 3 nitrogen and oxygen atoms in total. The monoisotopic (exact) mass is 196 g/mol. The first-order valence-electron chi connectivity index (χ1n) is 5.71. The van der Waals surface area contributed by atoms with E-state index in [1.807, 2.05) is 0 Å². The van der Waals surface area contributed by atoms with Gasteiger partial charge in [-0.2, -0.15) is 0 Å². The van der Waals surface area contributed by atoms with Crippen molar-refractivity contribution in [1.29, 1.82) is 0 Å². The Labute approximate surface area is 86.1 Å². The Morgan fingerprint density at radius 3 is 2.64 bits per heavy atom. The van der Waals surface area contributed by atoms with Gasteiger partial charge in [-0.1, -0.05) is 0 Å². The fourth-order valence-electron chi connectivity index (χ4n) is 2.68. The van der Waals surface area contributed by atoms with Crippen LogP contribution < -0.4 is 0 Å². The lowest BCUT2D eigenvalue weighted by atomic mass is 10.2. The predicted octanol–water partition coefficient (Wildman–Crippen LogP) is 0.745. The van der Waals surface area contributed by atoms with Gasteiger partial charge in [0.05, 0.1) is 6.54 Å². The molecule has 0 amide bonds. The zero-order valence-electron chi connectivity index (χ0n) is 9.04. The fraction of sp³-hybridized carbons (Fsp3) is 0.909. The zero-order valence-corrected chi connectivity index (χ0v) is 9.04. The summed E-state index contributed by atoms with van der Waals surface area (Å²) in [5.74, 6) is 0.298. The largest absolute Gasteiger partial charge is 0.299 e. The molecule has 0 aromatic rings. The molecule has 0 aromatic carbocycles. The van der Waals surface area contributed by atoms with Crippen LogP contribution in [-0.2, 0) is 4.79 Å². The molecule has 2 rings (SSSR count). The van der Waals surface area contributed by atoms with Gasteiger partial charge in [0, 0.05) is 19.1 Å². The number of Topliss-reactive ketones (excluding diaryl/α,β-unsaturated/α-hetero) is 1. The Bertz CT molecular complexity index is 211. The summed E-state index contributed by atoms with van der Waals surface area (Å²) < 4.78 is 0. The van der Waals surface area contributed by atoms with E-state index in [1.54, 1.807) is 6.92 Å². The van der Waals surface area contributed by atoms with Crippen LogP contribution in [0.4, 0.5) is 0 Å². The third-order valence-electron chi connectivity index (χ3n) is 3.35. The standard InChI is InChI=1S/C11H20N2O/c1-10(14)8-12-7-4-11(9-12)13-5-2-3-6-13/h11H,2-9H2,1H3. The Morgan fingerprint density at radius 1 is 1.29 bits per heavy atom. The van der Waals surface area contributed by atoms with Crippen LogP contribution in [0.3, 0.4) is 0 Å². The molecule has 2 aliphatic rings. The molecule has 3 heteroatoms. The number of carbonyl (C=O) groups excluding carboxylic acids is 1. The van der Waals surface area contributed by atoms with Crippen LogP contribution in [0.5, 0.6) is 0 Å². The molecule has 0 radical (unpaired) electrons. The second-order valence-electron chi connectivity index (χ2n) is 4.62. The van der Waals surface area contributed by atoms with E-state index in [1.165, 1.54) is 32.4 Å². The SMILES string of the molecule is CC(=O)CN1CCC(N2CCCC2)C1. The molecule has 2 aliphatic heterocycles. The number of hydrogen-bond donors (Lipinski definition) is 0. The van der Waals surface area contributed by atoms with Crippen molar-refractivity contribution < 1.29 is 4.79 Å². The molecule has 0 spiro atoms. The summed E-state index contributed by atoms with van der Waals surface area (Å²) in [6, 6.07) is 0.733. The van der Waals surface area contributed by atoms with E-state index in [2.05, 4.69) is 9.80 Å². The van der Waals surface area contributed by atoms with Crippen molar-refractivity contribution in [2.75, 3.05) is 32.7 Å². The molecular formula is C11H20N2O. The van der Waals surface area contributed by atoms with Crippen LogP contribution >= 0.6 is 0 Å². The van der Waals surface area contributed by atoms with Crippen molar-refractivity contribution in [2.45, 2.75) is 32.2 Å². The van der Waals surface area contributed by atoms with Crippen LogP contribution in [0.25, 0.3) is 0 Å². The van der Waals surface area contributed by atoms with Crippen molar-refractivity contribution in [2.24, 2.45) is 0 Å². The first kappa shape index (κ1) is 10.1. The Hall–Kier alpha value is -0.410. The first-order valence-corrected chi connectivity index (χ1v) is 5.71. The van der Waals surface area contributed by atoms with Gasteiger partial charge in [-0.3, -0.25) is 14.6 Å². The third-order valence-corrected chi connectivity index (χ3v) is 3.35. The summed E-state index contributed by atoms with van der Waals surface area (Å²) in [5, 5.41) is 0. The smallest absolute Gasteiger partial charge is 0.143 e. The van der Waals surface area contributed by atoms with Gasteiger partial charge < -0.3 is 0 Å². The Balaban J connectivity index is 1.78.